The van der Waals surface area contributed by atoms with E-state index in [4.69, 9.17) is 15.7 Å². The molecule has 0 bridgehead atoms. The van der Waals surface area contributed by atoms with Crippen LogP contribution in [-0.4, -0.2) is 24.2 Å². The lowest BCUT2D eigenvalue weighted by Crippen LogP contribution is -2.31. The van der Waals surface area contributed by atoms with Crippen molar-refractivity contribution in [1.82, 2.24) is 5.32 Å². The van der Waals surface area contributed by atoms with E-state index >= 15 is 0 Å². The van der Waals surface area contributed by atoms with Crippen LogP contribution in [-0.2, 0) is 6.54 Å². The molecule has 1 aromatic carbocycles. The molecule has 0 radical (unpaired) electrons. The fourth-order valence-corrected chi connectivity index (χ4v) is 3.02. The highest BCUT2D eigenvalue weighted by Gasteiger charge is 2.21. The minimum Gasteiger partial charge on any atom is -0.496 e. The predicted molar refractivity (Wildman–Crippen MR) is 83.8 cm³/mol. The minimum atomic E-state index is 0.0672. The zero-order valence-corrected chi connectivity index (χ0v) is 12.8. The number of hydrogen-bond acceptors (Lipinski definition) is 4. The van der Waals surface area contributed by atoms with Crippen molar-refractivity contribution >= 4 is 5.84 Å². The first kappa shape index (κ1) is 15.6. The van der Waals surface area contributed by atoms with Crippen molar-refractivity contribution in [1.29, 1.82) is 0 Å². The molecule has 116 valence electrons. The van der Waals surface area contributed by atoms with Crippen LogP contribution in [0, 0.1) is 5.92 Å². The lowest BCUT2D eigenvalue weighted by molar-refractivity contribution is 0.318. The smallest absolute Gasteiger partial charge is 0.173 e. The number of hydrogen-bond donors (Lipinski definition) is 3. The molecule has 5 nitrogen and oxygen atoms in total. The summed E-state index contributed by atoms with van der Waals surface area (Å²) >= 11 is 0. The maximum atomic E-state index is 8.85. The SMILES string of the molecule is COc1ccc(CNC(C)C2CCCC2)cc1C(N)=NO. The summed E-state index contributed by atoms with van der Waals surface area (Å²) in [4.78, 5) is 0. The van der Waals surface area contributed by atoms with Crippen LogP contribution in [0.4, 0.5) is 0 Å². The first-order valence-corrected chi connectivity index (χ1v) is 7.54. The molecule has 0 heterocycles. The molecule has 0 aliphatic heterocycles. The molecular formula is C16H25N3O2. The fraction of sp³-hybridized carbons (Fsp3) is 0.562. The van der Waals surface area contributed by atoms with Crippen LogP contribution in [0.3, 0.4) is 0 Å². The van der Waals surface area contributed by atoms with Gasteiger partial charge in [-0.05, 0) is 43.4 Å². The number of nitrogens with two attached hydrogens (primary N) is 1. The highest BCUT2D eigenvalue weighted by Crippen LogP contribution is 2.27. The van der Waals surface area contributed by atoms with Crippen LogP contribution < -0.4 is 15.8 Å². The molecule has 5 heteroatoms. The van der Waals surface area contributed by atoms with E-state index in [2.05, 4.69) is 17.4 Å². The Morgan fingerprint density at radius 2 is 2.19 bits per heavy atom. The molecule has 1 atom stereocenters. The number of methoxy groups -OCH3 is 1. The summed E-state index contributed by atoms with van der Waals surface area (Å²) in [6.45, 7) is 3.03. The highest BCUT2D eigenvalue weighted by molar-refractivity contribution is 5.99. The third-order valence-electron chi connectivity index (χ3n) is 4.38. The van der Waals surface area contributed by atoms with Gasteiger partial charge in [-0.25, -0.2) is 0 Å². The van der Waals surface area contributed by atoms with Gasteiger partial charge >= 0.3 is 0 Å². The topological polar surface area (TPSA) is 79.9 Å². The first-order valence-electron chi connectivity index (χ1n) is 7.54. The molecule has 0 aromatic heterocycles. The maximum absolute atomic E-state index is 8.85. The van der Waals surface area contributed by atoms with Crippen LogP contribution >= 0.6 is 0 Å². The van der Waals surface area contributed by atoms with E-state index in [0.29, 0.717) is 17.4 Å². The Kier molecular flexibility index (Phi) is 5.44. The van der Waals surface area contributed by atoms with Crippen molar-refractivity contribution in [3.05, 3.63) is 29.3 Å². The van der Waals surface area contributed by atoms with E-state index in [1.54, 1.807) is 7.11 Å². The van der Waals surface area contributed by atoms with E-state index in [1.807, 2.05) is 18.2 Å². The molecule has 21 heavy (non-hydrogen) atoms. The number of amidine groups is 1. The van der Waals surface area contributed by atoms with Crippen LogP contribution in [0.1, 0.15) is 43.7 Å². The summed E-state index contributed by atoms with van der Waals surface area (Å²) < 4.78 is 5.24. The van der Waals surface area contributed by atoms with E-state index in [0.717, 1.165) is 18.0 Å². The van der Waals surface area contributed by atoms with E-state index < -0.39 is 0 Å². The zero-order valence-electron chi connectivity index (χ0n) is 12.8. The number of nitrogens with zero attached hydrogens (tertiary/aromatic N) is 1. The fourth-order valence-electron chi connectivity index (χ4n) is 3.02. The number of oxime groups is 1. The Labute approximate surface area is 126 Å². The summed E-state index contributed by atoms with van der Waals surface area (Å²) in [6, 6.07) is 6.27. The molecule has 1 unspecified atom stereocenters. The monoisotopic (exact) mass is 291 g/mol. The molecule has 0 spiro atoms. The highest BCUT2D eigenvalue weighted by atomic mass is 16.5. The average molecular weight is 291 g/mol. The Morgan fingerprint density at radius 3 is 2.81 bits per heavy atom. The number of nitrogens with one attached hydrogen (secondary N) is 1. The molecule has 1 aromatic rings. The molecule has 1 saturated carbocycles. The van der Waals surface area contributed by atoms with Gasteiger partial charge in [-0.1, -0.05) is 24.1 Å². The van der Waals surface area contributed by atoms with Crippen LogP contribution in [0.2, 0.25) is 0 Å². The van der Waals surface area contributed by atoms with Gasteiger partial charge in [-0.2, -0.15) is 0 Å². The normalized spacial score (nSPS) is 17.9. The van der Waals surface area contributed by atoms with Crippen LogP contribution in [0.15, 0.2) is 23.4 Å². The Hall–Kier alpha value is -1.75. The Morgan fingerprint density at radius 1 is 1.48 bits per heavy atom. The third kappa shape index (κ3) is 3.88. The van der Waals surface area contributed by atoms with Gasteiger partial charge in [0.2, 0.25) is 0 Å². The minimum absolute atomic E-state index is 0.0672. The van der Waals surface area contributed by atoms with Gasteiger partial charge in [0, 0.05) is 12.6 Å². The van der Waals surface area contributed by atoms with Gasteiger partial charge in [0.25, 0.3) is 0 Å². The molecule has 0 saturated heterocycles. The van der Waals surface area contributed by atoms with E-state index in [9.17, 15) is 0 Å². The van der Waals surface area contributed by atoms with Crippen molar-refractivity contribution < 1.29 is 9.94 Å². The van der Waals surface area contributed by atoms with Crippen molar-refractivity contribution in [3.63, 3.8) is 0 Å². The summed E-state index contributed by atoms with van der Waals surface area (Å²) in [5, 5.41) is 15.5. The van der Waals surface area contributed by atoms with Gasteiger partial charge < -0.3 is 21.0 Å². The summed E-state index contributed by atoms with van der Waals surface area (Å²) in [5.41, 5.74) is 7.41. The molecule has 0 amide bonds. The second-order valence-corrected chi connectivity index (χ2v) is 5.73. The molecule has 2 rings (SSSR count). The molecule has 1 fully saturated rings. The molecule has 4 N–H and O–H groups in total. The summed E-state index contributed by atoms with van der Waals surface area (Å²) in [5.74, 6) is 1.46. The predicted octanol–water partition coefficient (Wildman–Crippen LogP) is 2.46. The van der Waals surface area contributed by atoms with E-state index in [1.165, 1.54) is 25.7 Å². The van der Waals surface area contributed by atoms with E-state index in [-0.39, 0.29) is 5.84 Å². The molecular weight excluding hydrogens is 266 g/mol. The third-order valence-corrected chi connectivity index (χ3v) is 4.38. The second kappa shape index (κ2) is 7.31. The number of benzene rings is 1. The maximum Gasteiger partial charge on any atom is 0.173 e. The Bertz CT molecular complexity index is 496. The Balaban J connectivity index is 2.03. The summed E-state index contributed by atoms with van der Waals surface area (Å²) in [6.07, 6.45) is 5.36. The average Bonchev–Trinajstić information content (AvgIpc) is 3.06. The van der Waals surface area contributed by atoms with Crippen molar-refractivity contribution in [2.45, 2.75) is 45.2 Å². The lowest BCUT2D eigenvalue weighted by Gasteiger charge is -2.20. The largest absolute Gasteiger partial charge is 0.496 e. The van der Waals surface area contributed by atoms with Gasteiger partial charge in [0.15, 0.2) is 5.84 Å². The number of ether oxygens (including phenoxy) is 1. The molecule has 1 aliphatic rings. The van der Waals surface area contributed by atoms with Gasteiger partial charge in [0.05, 0.1) is 12.7 Å². The van der Waals surface area contributed by atoms with Gasteiger partial charge in [-0.3, -0.25) is 0 Å². The van der Waals surface area contributed by atoms with Crippen molar-refractivity contribution in [2.75, 3.05) is 7.11 Å². The number of rotatable bonds is 6. The zero-order chi connectivity index (χ0) is 15.2. The standard InChI is InChI=1S/C16H25N3O2/c1-11(13-5-3-4-6-13)18-10-12-7-8-15(21-2)14(9-12)16(17)19-20/h7-9,11,13,18,20H,3-6,10H2,1-2H3,(H2,17,19). The second-order valence-electron chi connectivity index (χ2n) is 5.73. The van der Waals surface area contributed by atoms with Crippen molar-refractivity contribution in [2.24, 2.45) is 16.8 Å². The van der Waals surface area contributed by atoms with Crippen LogP contribution in [0.5, 0.6) is 5.75 Å². The van der Waals surface area contributed by atoms with Crippen LogP contribution in [0.25, 0.3) is 0 Å². The summed E-state index contributed by atoms with van der Waals surface area (Å²) in [7, 11) is 1.57. The first-order chi connectivity index (χ1) is 10.2. The lowest BCUT2D eigenvalue weighted by atomic mass is 9.99. The van der Waals surface area contributed by atoms with Crippen molar-refractivity contribution in [3.8, 4) is 5.75 Å². The van der Waals surface area contributed by atoms with Gasteiger partial charge in [-0.15, -0.1) is 0 Å². The molecule has 1 aliphatic carbocycles. The van der Waals surface area contributed by atoms with Gasteiger partial charge in [0.1, 0.15) is 5.75 Å². The quantitative estimate of drug-likeness (QED) is 0.325.